The normalized spacial score (nSPS) is 15.4. The van der Waals surface area contributed by atoms with Gasteiger partial charge in [0, 0.05) is 32.4 Å². The Bertz CT molecular complexity index is 611. The van der Waals surface area contributed by atoms with E-state index in [-0.39, 0.29) is 5.97 Å². The summed E-state index contributed by atoms with van der Waals surface area (Å²) in [7, 11) is 0. The van der Waals surface area contributed by atoms with E-state index in [4.69, 9.17) is 4.74 Å². The van der Waals surface area contributed by atoms with E-state index in [1.54, 1.807) is 0 Å². The number of nitrogens with zero attached hydrogens (tertiary/aromatic N) is 3. The molecule has 0 radical (unpaired) electrons. The zero-order valence-corrected chi connectivity index (χ0v) is 13.1. The molecule has 1 aliphatic heterocycles. The van der Waals surface area contributed by atoms with Gasteiger partial charge in [-0.2, -0.15) is 0 Å². The Morgan fingerprint density at radius 3 is 2.43 bits per heavy atom. The number of esters is 1. The Kier molecular flexibility index (Phi) is 5.21. The quantitative estimate of drug-likeness (QED) is 0.790. The molecule has 2 heterocycles. The fourth-order valence-electron chi connectivity index (χ4n) is 2.64. The summed E-state index contributed by atoms with van der Waals surface area (Å²) in [4.78, 5) is 20.7. The first kappa shape index (κ1) is 15.5. The third-order valence-electron chi connectivity index (χ3n) is 3.94. The molecule has 1 saturated heterocycles. The molecule has 0 bridgehead atoms. The molecular formula is C18H21N3O2. The van der Waals surface area contributed by atoms with Crippen LogP contribution in [0.4, 0.5) is 5.82 Å². The molecule has 0 unspecified atom stereocenters. The van der Waals surface area contributed by atoms with Gasteiger partial charge in [0.05, 0.1) is 6.54 Å². The summed E-state index contributed by atoms with van der Waals surface area (Å²) in [6, 6.07) is 15.7. The number of rotatable bonds is 5. The summed E-state index contributed by atoms with van der Waals surface area (Å²) >= 11 is 0. The second-order valence-corrected chi connectivity index (χ2v) is 5.60. The molecule has 1 fully saturated rings. The van der Waals surface area contributed by atoms with E-state index >= 15 is 0 Å². The van der Waals surface area contributed by atoms with Crippen molar-refractivity contribution in [1.82, 2.24) is 9.88 Å². The van der Waals surface area contributed by atoms with E-state index in [1.165, 1.54) is 0 Å². The highest BCUT2D eigenvalue weighted by molar-refractivity contribution is 5.71. The number of piperazine rings is 1. The molecule has 0 atom stereocenters. The van der Waals surface area contributed by atoms with Crippen molar-refractivity contribution in [3.8, 4) is 0 Å². The van der Waals surface area contributed by atoms with Gasteiger partial charge < -0.3 is 9.64 Å². The maximum atomic E-state index is 11.9. The summed E-state index contributed by atoms with van der Waals surface area (Å²) in [5.74, 6) is 0.832. The van der Waals surface area contributed by atoms with E-state index in [0.29, 0.717) is 13.2 Å². The van der Waals surface area contributed by atoms with Crippen molar-refractivity contribution in [3.63, 3.8) is 0 Å². The van der Waals surface area contributed by atoms with Crippen LogP contribution in [0.25, 0.3) is 0 Å². The molecule has 0 saturated carbocycles. The van der Waals surface area contributed by atoms with Gasteiger partial charge >= 0.3 is 5.97 Å². The summed E-state index contributed by atoms with van der Waals surface area (Å²) in [6.07, 6.45) is 1.81. The summed E-state index contributed by atoms with van der Waals surface area (Å²) in [5.41, 5.74) is 1.01. The maximum Gasteiger partial charge on any atom is 0.320 e. The number of aromatic nitrogens is 1. The van der Waals surface area contributed by atoms with Crippen molar-refractivity contribution in [2.45, 2.75) is 6.61 Å². The number of ether oxygens (including phenoxy) is 1. The lowest BCUT2D eigenvalue weighted by Gasteiger charge is -2.34. The summed E-state index contributed by atoms with van der Waals surface area (Å²) in [6.45, 7) is 4.14. The molecule has 2 aromatic rings. The van der Waals surface area contributed by atoms with Gasteiger partial charge in [0.1, 0.15) is 12.4 Å². The summed E-state index contributed by atoms with van der Waals surface area (Å²) < 4.78 is 5.34. The Hall–Kier alpha value is -2.40. The highest BCUT2D eigenvalue weighted by atomic mass is 16.5. The van der Waals surface area contributed by atoms with E-state index in [1.807, 2.05) is 54.7 Å². The first-order valence-corrected chi connectivity index (χ1v) is 7.89. The standard InChI is InChI=1S/C18H21N3O2/c22-18(23-15-16-6-2-1-3-7-16)14-20-10-12-21(13-11-20)17-8-4-5-9-19-17/h1-9H,10-15H2. The first-order valence-electron chi connectivity index (χ1n) is 7.89. The predicted octanol–water partition coefficient (Wildman–Crippen LogP) is 1.95. The van der Waals surface area contributed by atoms with Crippen LogP contribution >= 0.6 is 0 Å². The molecule has 0 amide bonds. The van der Waals surface area contributed by atoms with E-state index in [2.05, 4.69) is 14.8 Å². The largest absolute Gasteiger partial charge is 0.460 e. The Morgan fingerprint density at radius 2 is 1.74 bits per heavy atom. The number of hydrogen-bond acceptors (Lipinski definition) is 5. The van der Waals surface area contributed by atoms with E-state index in [0.717, 1.165) is 37.6 Å². The smallest absolute Gasteiger partial charge is 0.320 e. The van der Waals surface area contributed by atoms with Crippen molar-refractivity contribution >= 4 is 11.8 Å². The number of carbonyl (C=O) groups is 1. The molecular weight excluding hydrogens is 290 g/mol. The van der Waals surface area contributed by atoms with Crippen molar-refractivity contribution in [1.29, 1.82) is 0 Å². The number of pyridine rings is 1. The minimum absolute atomic E-state index is 0.167. The number of anilines is 1. The average Bonchev–Trinajstić information content (AvgIpc) is 2.62. The van der Waals surface area contributed by atoms with Gasteiger partial charge in [-0.15, -0.1) is 0 Å². The second kappa shape index (κ2) is 7.74. The van der Waals surface area contributed by atoms with Crippen molar-refractivity contribution in [2.75, 3.05) is 37.6 Å². The third kappa shape index (κ3) is 4.53. The van der Waals surface area contributed by atoms with Crippen LogP contribution in [0, 0.1) is 0 Å². The Balaban J connectivity index is 1.41. The molecule has 1 aliphatic rings. The van der Waals surface area contributed by atoms with Gasteiger partial charge in [-0.05, 0) is 17.7 Å². The topological polar surface area (TPSA) is 45.7 Å². The zero-order valence-electron chi connectivity index (χ0n) is 13.1. The minimum Gasteiger partial charge on any atom is -0.460 e. The SMILES string of the molecule is O=C(CN1CCN(c2ccccn2)CC1)OCc1ccccc1. The molecule has 1 aromatic heterocycles. The van der Waals surface area contributed by atoms with Crippen molar-refractivity contribution in [3.05, 3.63) is 60.3 Å². The molecule has 0 N–H and O–H groups in total. The van der Waals surface area contributed by atoms with Crippen LogP contribution in [0.5, 0.6) is 0 Å². The van der Waals surface area contributed by atoms with Crippen LogP contribution in [0.2, 0.25) is 0 Å². The Morgan fingerprint density at radius 1 is 1.00 bits per heavy atom. The van der Waals surface area contributed by atoms with Gasteiger partial charge in [-0.25, -0.2) is 4.98 Å². The van der Waals surface area contributed by atoms with Gasteiger partial charge in [-0.1, -0.05) is 36.4 Å². The molecule has 0 spiro atoms. The van der Waals surface area contributed by atoms with Crippen molar-refractivity contribution in [2.24, 2.45) is 0 Å². The highest BCUT2D eigenvalue weighted by Crippen LogP contribution is 2.12. The minimum atomic E-state index is -0.167. The maximum absolute atomic E-state index is 11.9. The lowest BCUT2D eigenvalue weighted by atomic mass is 10.2. The fourth-order valence-corrected chi connectivity index (χ4v) is 2.64. The monoisotopic (exact) mass is 311 g/mol. The van der Waals surface area contributed by atoms with Crippen LogP contribution < -0.4 is 4.90 Å². The second-order valence-electron chi connectivity index (χ2n) is 5.60. The van der Waals surface area contributed by atoms with Gasteiger partial charge in [0.2, 0.25) is 0 Å². The lowest BCUT2D eigenvalue weighted by Crippen LogP contribution is -2.48. The van der Waals surface area contributed by atoms with E-state index in [9.17, 15) is 4.79 Å². The van der Waals surface area contributed by atoms with Crippen LogP contribution in [0.1, 0.15) is 5.56 Å². The number of carbonyl (C=O) groups excluding carboxylic acids is 1. The third-order valence-corrected chi connectivity index (χ3v) is 3.94. The van der Waals surface area contributed by atoms with Gasteiger partial charge in [0.25, 0.3) is 0 Å². The number of hydrogen-bond donors (Lipinski definition) is 0. The lowest BCUT2D eigenvalue weighted by molar-refractivity contribution is -0.146. The number of benzene rings is 1. The van der Waals surface area contributed by atoms with Crippen LogP contribution in [-0.4, -0.2) is 48.6 Å². The average molecular weight is 311 g/mol. The molecule has 5 heteroatoms. The predicted molar refractivity (Wildman–Crippen MR) is 89.1 cm³/mol. The molecule has 5 nitrogen and oxygen atoms in total. The molecule has 0 aliphatic carbocycles. The zero-order chi connectivity index (χ0) is 15.9. The molecule has 23 heavy (non-hydrogen) atoms. The van der Waals surface area contributed by atoms with Gasteiger partial charge in [0.15, 0.2) is 0 Å². The molecule has 120 valence electrons. The van der Waals surface area contributed by atoms with Gasteiger partial charge in [-0.3, -0.25) is 9.69 Å². The molecule has 1 aromatic carbocycles. The Labute approximate surface area is 136 Å². The van der Waals surface area contributed by atoms with Crippen LogP contribution in [0.15, 0.2) is 54.7 Å². The fraction of sp³-hybridized carbons (Fsp3) is 0.333. The molecule has 3 rings (SSSR count). The highest BCUT2D eigenvalue weighted by Gasteiger charge is 2.20. The van der Waals surface area contributed by atoms with Crippen LogP contribution in [0.3, 0.4) is 0 Å². The van der Waals surface area contributed by atoms with Crippen LogP contribution in [-0.2, 0) is 16.1 Å². The van der Waals surface area contributed by atoms with Crippen molar-refractivity contribution < 1.29 is 9.53 Å². The van der Waals surface area contributed by atoms with E-state index < -0.39 is 0 Å². The summed E-state index contributed by atoms with van der Waals surface area (Å²) in [5, 5.41) is 0. The first-order chi connectivity index (χ1) is 11.3.